The second-order valence-electron chi connectivity index (χ2n) is 4.20. The van der Waals surface area contributed by atoms with Gasteiger partial charge in [-0.2, -0.15) is 0 Å². The van der Waals surface area contributed by atoms with Gasteiger partial charge in [0.05, 0.1) is 5.69 Å². The number of para-hydroxylation sites is 1. The summed E-state index contributed by atoms with van der Waals surface area (Å²) < 4.78 is 0. The van der Waals surface area contributed by atoms with E-state index in [1.807, 2.05) is 36.4 Å². The molecule has 0 atom stereocenters. The molecule has 1 aromatic carbocycles. The standard InChI is InChI=1S/C13H12ClN3/c14-12-8-11(9-6-7-9)16-13(17-12)15-10-4-2-1-3-5-10/h1-5,8-9H,6-7H2,(H,15,16,17). The largest absolute Gasteiger partial charge is 0.324 e. The molecule has 4 heteroatoms. The molecule has 0 radical (unpaired) electrons. The van der Waals surface area contributed by atoms with Gasteiger partial charge in [0.2, 0.25) is 5.95 Å². The third-order valence-electron chi connectivity index (χ3n) is 2.74. The molecule has 1 N–H and O–H groups in total. The molecule has 0 bridgehead atoms. The third kappa shape index (κ3) is 2.56. The summed E-state index contributed by atoms with van der Waals surface area (Å²) in [6, 6.07) is 11.7. The molecule has 1 fully saturated rings. The van der Waals surface area contributed by atoms with Crippen molar-refractivity contribution in [2.24, 2.45) is 0 Å². The zero-order valence-electron chi connectivity index (χ0n) is 9.23. The predicted octanol–water partition coefficient (Wildman–Crippen LogP) is 3.75. The van der Waals surface area contributed by atoms with Gasteiger partial charge in [0.15, 0.2) is 0 Å². The van der Waals surface area contributed by atoms with Gasteiger partial charge in [-0.15, -0.1) is 0 Å². The number of nitrogens with one attached hydrogen (secondary N) is 1. The van der Waals surface area contributed by atoms with E-state index in [2.05, 4.69) is 15.3 Å². The van der Waals surface area contributed by atoms with E-state index in [-0.39, 0.29) is 0 Å². The highest BCUT2D eigenvalue weighted by atomic mass is 35.5. The summed E-state index contributed by atoms with van der Waals surface area (Å²) >= 11 is 6.00. The molecule has 1 heterocycles. The van der Waals surface area contributed by atoms with Crippen LogP contribution in [0.2, 0.25) is 5.15 Å². The maximum atomic E-state index is 6.00. The van der Waals surface area contributed by atoms with Crippen LogP contribution >= 0.6 is 11.6 Å². The van der Waals surface area contributed by atoms with E-state index >= 15 is 0 Å². The van der Waals surface area contributed by atoms with Crippen molar-refractivity contribution in [3.63, 3.8) is 0 Å². The van der Waals surface area contributed by atoms with E-state index in [1.165, 1.54) is 12.8 Å². The first-order valence-corrected chi connectivity index (χ1v) is 6.05. The average Bonchev–Trinajstić information content (AvgIpc) is 3.13. The topological polar surface area (TPSA) is 37.8 Å². The molecule has 3 rings (SSSR count). The van der Waals surface area contributed by atoms with Crippen LogP contribution in [0.5, 0.6) is 0 Å². The van der Waals surface area contributed by atoms with Crippen LogP contribution in [0.15, 0.2) is 36.4 Å². The first-order valence-electron chi connectivity index (χ1n) is 5.68. The first kappa shape index (κ1) is 10.5. The fourth-order valence-corrected chi connectivity index (χ4v) is 1.92. The number of nitrogens with zero attached hydrogens (tertiary/aromatic N) is 2. The Bertz CT molecular complexity index is 523. The van der Waals surface area contributed by atoms with E-state index < -0.39 is 0 Å². The van der Waals surface area contributed by atoms with E-state index in [1.54, 1.807) is 0 Å². The molecule has 0 saturated heterocycles. The Morgan fingerprint density at radius 1 is 1.12 bits per heavy atom. The van der Waals surface area contributed by atoms with Gasteiger partial charge >= 0.3 is 0 Å². The quantitative estimate of drug-likeness (QED) is 0.837. The minimum atomic E-state index is 0.500. The smallest absolute Gasteiger partial charge is 0.228 e. The molecule has 17 heavy (non-hydrogen) atoms. The molecule has 0 spiro atoms. The molecule has 1 saturated carbocycles. The van der Waals surface area contributed by atoms with Gasteiger partial charge in [0.1, 0.15) is 5.15 Å². The molecule has 0 amide bonds. The van der Waals surface area contributed by atoms with Gasteiger partial charge in [0.25, 0.3) is 0 Å². The number of benzene rings is 1. The van der Waals surface area contributed by atoms with Crippen molar-refractivity contribution in [1.29, 1.82) is 0 Å². The average molecular weight is 246 g/mol. The van der Waals surface area contributed by atoms with Crippen LogP contribution < -0.4 is 5.32 Å². The van der Waals surface area contributed by atoms with Crippen molar-refractivity contribution >= 4 is 23.2 Å². The van der Waals surface area contributed by atoms with Crippen molar-refractivity contribution in [2.75, 3.05) is 5.32 Å². The molecule has 1 aliphatic rings. The molecule has 0 unspecified atom stereocenters. The van der Waals surface area contributed by atoms with Crippen molar-refractivity contribution < 1.29 is 0 Å². The monoisotopic (exact) mass is 245 g/mol. The van der Waals surface area contributed by atoms with E-state index in [4.69, 9.17) is 11.6 Å². The number of rotatable bonds is 3. The summed E-state index contributed by atoms with van der Waals surface area (Å²) in [4.78, 5) is 8.67. The Morgan fingerprint density at radius 3 is 2.59 bits per heavy atom. The molecule has 1 aromatic heterocycles. The maximum absolute atomic E-state index is 6.00. The van der Waals surface area contributed by atoms with Crippen molar-refractivity contribution in [1.82, 2.24) is 9.97 Å². The Morgan fingerprint density at radius 2 is 1.88 bits per heavy atom. The van der Waals surface area contributed by atoms with Gasteiger partial charge < -0.3 is 5.32 Å². The summed E-state index contributed by atoms with van der Waals surface area (Å²) in [5.74, 6) is 1.15. The van der Waals surface area contributed by atoms with Crippen LogP contribution in [0.1, 0.15) is 24.5 Å². The Balaban J connectivity index is 1.87. The molecule has 1 aliphatic carbocycles. The van der Waals surface area contributed by atoms with Crippen LogP contribution in [0.4, 0.5) is 11.6 Å². The third-order valence-corrected chi connectivity index (χ3v) is 2.93. The second-order valence-corrected chi connectivity index (χ2v) is 4.59. The predicted molar refractivity (Wildman–Crippen MR) is 68.7 cm³/mol. The van der Waals surface area contributed by atoms with Gasteiger partial charge in [-0.25, -0.2) is 9.97 Å². The second kappa shape index (κ2) is 4.34. The van der Waals surface area contributed by atoms with Crippen LogP contribution in [-0.2, 0) is 0 Å². The van der Waals surface area contributed by atoms with Gasteiger partial charge in [-0.1, -0.05) is 29.8 Å². The van der Waals surface area contributed by atoms with E-state index in [0.717, 1.165) is 11.4 Å². The normalized spacial score (nSPS) is 14.6. The highest BCUT2D eigenvalue weighted by molar-refractivity contribution is 6.29. The number of anilines is 2. The Hall–Kier alpha value is -1.61. The first-order chi connectivity index (χ1) is 8.31. The van der Waals surface area contributed by atoms with Crippen molar-refractivity contribution in [3.8, 4) is 0 Å². The highest BCUT2D eigenvalue weighted by Crippen LogP contribution is 2.39. The summed E-state index contributed by atoms with van der Waals surface area (Å²) in [6.45, 7) is 0. The number of hydrogen-bond acceptors (Lipinski definition) is 3. The van der Waals surface area contributed by atoms with Crippen LogP contribution in [0, 0.1) is 0 Å². The number of hydrogen-bond donors (Lipinski definition) is 1. The summed E-state index contributed by atoms with van der Waals surface area (Å²) in [5.41, 5.74) is 2.01. The van der Waals surface area contributed by atoms with Gasteiger partial charge in [-0.05, 0) is 31.0 Å². The van der Waals surface area contributed by atoms with Gasteiger partial charge in [0, 0.05) is 11.6 Å². The lowest BCUT2D eigenvalue weighted by atomic mass is 10.3. The molecule has 0 aliphatic heterocycles. The molecular formula is C13H12ClN3. The van der Waals surface area contributed by atoms with Gasteiger partial charge in [-0.3, -0.25) is 0 Å². The summed E-state index contributed by atoms with van der Waals surface area (Å²) in [7, 11) is 0. The lowest BCUT2D eigenvalue weighted by molar-refractivity contribution is 0.993. The fourth-order valence-electron chi connectivity index (χ4n) is 1.73. The summed E-state index contributed by atoms with van der Waals surface area (Å²) in [5, 5.41) is 3.66. The SMILES string of the molecule is Clc1cc(C2CC2)nc(Nc2ccccc2)n1. The molecule has 86 valence electrons. The zero-order valence-corrected chi connectivity index (χ0v) is 9.98. The Kier molecular flexibility index (Phi) is 2.69. The van der Waals surface area contributed by atoms with E-state index in [9.17, 15) is 0 Å². The summed E-state index contributed by atoms with van der Waals surface area (Å²) in [6.07, 6.45) is 2.41. The van der Waals surface area contributed by atoms with Crippen molar-refractivity contribution in [2.45, 2.75) is 18.8 Å². The lowest BCUT2D eigenvalue weighted by Crippen LogP contribution is -1.99. The van der Waals surface area contributed by atoms with Crippen LogP contribution in [0.25, 0.3) is 0 Å². The molecular weight excluding hydrogens is 234 g/mol. The highest BCUT2D eigenvalue weighted by Gasteiger charge is 2.25. The van der Waals surface area contributed by atoms with Crippen molar-refractivity contribution in [3.05, 3.63) is 47.2 Å². The van der Waals surface area contributed by atoms with Crippen LogP contribution in [-0.4, -0.2) is 9.97 Å². The minimum Gasteiger partial charge on any atom is -0.324 e. The minimum absolute atomic E-state index is 0.500. The molecule has 3 nitrogen and oxygen atoms in total. The Labute approximate surface area is 105 Å². The van der Waals surface area contributed by atoms with E-state index in [0.29, 0.717) is 17.0 Å². The van der Waals surface area contributed by atoms with Crippen LogP contribution in [0.3, 0.4) is 0 Å². The molecule has 2 aromatic rings. The number of halogens is 1. The maximum Gasteiger partial charge on any atom is 0.228 e. The lowest BCUT2D eigenvalue weighted by Gasteiger charge is -2.06. The fraction of sp³-hybridized carbons (Fsp3) is 0.231. The number of aromatic nitrogens is 2. The zero-order chi connectivity index (χ0) is 11.7.